The summed E-state index contributed by atoms with van der Waals surface area (Å²) in [6.45, 7) is 4.22. The molecule has 0 spiro atoms. The van der Waals surface area contributed by atoms with E-state index in [0.29, 0.717) is 12.3 Å². The van der Waals surface area contributed by atoms with Gasteiger partial charge in [0.2, 0.25) is 0 Å². The third kappa shape index (κ3) is 8.09. The minimum absolute atomic E-state index is 0.261. The quantitative estimate of drug-likeness (QED) is 0.556. The van der Waals surface area contributed by atoms with E-state index < -0.39 is 17.9 Å². The van der Waals surface area contributed by atoms with Crippen LogP contribution in [0.3, 0.4) is 0 Å². The first-order chi connectivity index (χ1) is 8.51. The Labute approximate surface area is 109 Å². The molecule has 0 saturated heterocycles. The molecule has 0 aliphatic rings. The molecule has 0 aliphatic heterocycles. The summed E-state index contributed by atoms with van der Waals surface area (Å²) in [6, 6.07) is 0. The molecule has 0 bridgehead atoms. The predicted molar refractivity (Wildman–Crippen MR) is 70.5 cm³/mol. The molecule has 0 amide bonds. The molecule has 18 heavy (non-hydrogen) atoms. The van der Waals surface area contributed by atoms with Crippen LogP contribution in [-0.4, -0.2) is 22.2 Å². The Morgan fingerprint density at radius 3 is 2.11 bits per heavy atom. The Hall–Kier alpha value is -1.06. The van der Waals surface area contributed by atoms with Gasteiger partial charge in [0.1, 0.15) is 0 Å². The van der Waals surface area contributed by atoms with Crippen molar-refractivity contribution in [2.45, 2.75) is 65.2 Å². The summed E-state index contributed by atoms with van der Waals surface area (Å²) in [6.07, 6.45) is 6.70. The Kier molecular flexibility index (Phi) is 9.33. The molecule has 0 aliphatic carbocycles. The Morgan fingerprint density at radius 2 is 1.67 bits per heavy atom. The fourth-order valence-corrected chi connectivity index (χ4v) is 2.36. The molecule has 4 heteroatoms. The lowest BCUT2D eigenvalue weighted by molar-refractivity contribution is -0.148. The molecular weight excluding hydrogens is 232 g/mol. The van der Waals surface area contributed by atoms with Gasteiger partial charge in [-0.05, 0) is 12.3 Å². The molecule has 2 N–H and O–H groups in total. The molecule has 0 heterocycles. The van der Waals surface area contributed by atoms with Crippen LogP contribution >= 0.6 is 0 Å². The number of carboxylic acid groups (broad SMARTS) is 2. The highest BCUT2D eigenvalue weighted by Gasteiger charge is 2.24. The Bertz CT molecular complexity index is 250. The van der Waals surface area contributed by atoms with Gasteiger partial charge in [0, 0.05) is 0 Å². The smallest absolute Gasteiger partial charge is 0.307 e. The topological polar surface area (TPSA) is 74.6 Å². The van der Waals surface area contributed by atoms with Gasteiger partial charge in [-0.2, -0.15) is 0 Å². The zero-order valence-electron chi connectivity index (χ0n) is 11.5. The minimum Gasteiger partial charge on any atom is -0.481 e. The van der Waals surface area contributed by atoms with Crippen molar-refractivity contribution in [2.24, 2.45) is 11.8 Å². The number of hydrogen-bond donors (Lipinski definition) is 2. The standard InChI is InChI=1S/C14H26O4/c1-3-5-6-8-11(7-4-2)9-12(14(17)18)10-13(15)16/h11-12H,3-10H2,1-2H3,(H,15,16)(H,17,18). The summed E-state index contributed by atoms with van der Waals surface area (Å²) < 4.78 is 0. The highest BCUT2D eigenvalue weighted by atomic mass is 16.4. The second-order valence-electron chi connectivity index (χ2n) is 5.02. The van der Waals surface area contributed by atoms with E-state index in [1.165, 1.54) is 0 Å². The summed E-state index contributed by atoms with van der Waals surface area (Å²) in [5.74, 6) is -2.39. The van der Waals surface area contributed by atoms with Gasteiger partial charge in [-0.3, -0.25) is 9.59 Å². The summed E-state index contributed by atoms with van der Waals surface area (Å²) in [5.41, 5.74) is 0. The van der Waals surface area contributed by atoms with Crippen LogP contribution < -0.4 is 0 Å². The molecule has 0 radical (unpaired) electrons. The summed E-state index contributed by atoms with van der Waals surface area (Å²) >= 11 is 0. The molecule has 0 aromatic rings. The molecule has 106 valence electrons. The molecule has 0 rings (SSSR count). The van der Waals surface area contributed by atoms with Gasteiger partial charge in [-0.15, -0.1) is 0 Å². The van der Waals surface area contributed by atoms with E-state index in [0.717, 1.165) is 38.5 Å². The van der Waals surface area contributed by atoms with Crippen LogP contribution in [0.25, 0.3) is 0 Å². The van der Waals surface area contributed by atoms with Gasteiger partial charge >= 0.3 is 11.9 Å². The lowest BCUT2D eigenvalue weighted by Gasteiger charge is -2.19. The largest absolute Gasteiger partial charge is 0.481 e. The number of aliphatic carboxylic acids is 2. The van der Waals surface area contributed by atoms with Gasteiger partial charge in [0.25, 0.3) is 0 Å². The zero-order chi connectivity index (χ0) is 14.0. The van der Waals surface area contributed by atoms with Crippen LogP contribution in [0.15, 0.2) is 0 Å². The van der Waals surface area contributed by atoms with Crippen molar-refractivity contribution in [1.29, 1.82) is 0 Å². The van der Waals surface area contributed by atoms with Gasteiger partial charge in [-0.25, -0.2) is 0 Å². The third-order valence-electron chi connectivity index (χ3n) is 3.30. The van der Waals surface area contributed by atoms with Crippen LogP contribution in [0.5, 0.6) is 0 Å². The SMILES string of the molecule is CCCCCC(CCC)CC(CC(=O)O)C(=O)O. The maximum absolute atomic E-state index is 11.0. The predicted octanol–water partition coefficient (Wildman–Crippen LogP) is 3.55. The highest BCUT2D eigenvalue weighted by Crippen LogP contribution is 2.25. The molecule has 4 nitrogen and oxygen atoms in total. The lowest BCUT2D eigenvalue weighted by Crippen LogP contribution is -2.21. The maximum atomic E-state index is 11.0. The summed E-state index contributed by atoms with van der Waals surface area (Å²) in [4.78, 5) is 21.7. The summed E-state index contributed by atoms with van der Waals surface area (Å²) in [7, 11) is 0. The van der Waals surface area contributed by atoms with Crippen molar-refractivity contribution in [3.8, 4) is 0 Å². The van der Waals surface area contributed by atoms with Crippen LogP contribution in [0.1, 0.15) is 65.2 Å². The number of carbonyl (C=O) groups is 2. The van der Waals surface area contributed by atoms with Crippen molar-refractivity contribution in [3.63, 3.8) is 0 Å². The summed E-state index contributed by atoms with van der Waals surface area (Å²) in [5, 5.41) is 17.8. The van der Waals surface area contributed by atoms with E-state index >= 15 is 0 Å². The molecule has 2 unspecified atom stereocenters. The minimum atomic E-state index is -1.02. The number of rotatable bonds is 11. The maximum Gasteiger partial charge on any atom is 0.307 e. The first kappa shape index (κ1) is 16.9. The van der Waals surface area contributed by atoms with Crippen molar-refractivity contribution in [3.05, 3.63) is 0 Å². The fraction of sp³-hybridized carbons (Fsp3) is 0.857. The van der Waals surface area contributed by atoms with E-state index in [9.17, 15) is 9.59 Å². The average Bonchev–Trinajstić information content (AvgIpc) is 2.27. The number of carboxylic acids is 2. The van der Waals surface area contributed by atoms with Gasteiger partial charge < -0.3 is 10.2 Å². The van der Waals surface area contributed by atoms with E-state index in [1.54, 1.807) is 0 Å². The van der Waals surface area contributed by atoms with E-state index in [2.05, 4.69) is 13.8 Å². The van der Waals surface area contributed by atoms with Gasteiger partial charge in [-0.1, -0.05) is 52.4 Å². The fourth-order valence-electron chi connectivity index (χ4n) is 2.36. The molecular formula is C14H26O4. The van der Waals surface area contributed by atoms with Gasteiger partial charge in [0.15, 0.2) is 0 Å². The first-order valence-corrected chi connectivity index (χ1v) is 6.95. The monoisotopic (exact) mass is 258 g/mol. The zero-order valence-corrected chi connectivity index (χ0v) is 11.5. The lowest BCUT2D eigenvalue weighted by atomic mass is 9.86. The van der Waals surface area contributed by atoms with Crippen LogP contribution in [0.2, 0.25) is 0 Å². The normalized spacial score (nSPS) is 14.1. The number of unbranched alkanes of at least 4 members (excludes halogenated alkanes) is 2. The van der Waals surface area contributed by atoms with E-state index in [1.807, 2.05) is 0 Å². The van der Waals surface area contributed by atoms with Crippen LogP contribution in [-0.2, 0) is 9.59 Å². The first-order valence-electron chi connectivity index (χ1n) is 6.95. The van der Waals surface area contributed by atoms with Crippen LogP contribution in [0.4, 0.5) is 0 Å². The van der Waals surface area contributed by atoms with Crippen molar-refractivity contribution < 1.29 is 19.8 Å². The molecule has 0 fully saturated rings. The molecule has 0 aromatic heterocycles. The van der Waals surface area contributed by atoms with Crippen molar-refractivity contribution >= 4 is 11.9 Å². The van der Waals surface area contributed by atoms with E-state index in [-0.39, 0.29) is 6.42 Å². The average molecular weight is 258 g/mol. The molecule has 2 atom stereocenters. The van der Waals surface area contributed by atoms with Crippen molar-refractivity contribution in [2.75, 3.05) is 0 Å². The molecule has 0 aromatic carbocycles. The third-order valence-corrected chi connectivity index (χ3v) is 3.30. The van der Waals surface area contributed by atoms with Crippen molar-refractivity contribution in [1.82, 2.24) is 0 Å². The molecule has 0 saturated carbocycles. The highest BCUT2D eigenvalue weighted by molar-refractivity contribution is 5.77. The van der Waals surface area contributed by atoms with Crippen LogP contribution in [0, 0.1) is 11.8 Å². The van der Waals surface area contributed by atoms with E-state index in [4.69, 9.17) is 10.2 Å². The second-order valence-corrected chi connectivity index (χ2v) is 5.02. The second kappa shape index (κ2) is 9.92. The van der Waals surface area contributed by atoms with Gasteiger partial charge in [0.05, 0.1) is 12.3 Å². The Morgan fingerprint density at radius 1 is 1.00 bits per heavy atom. The Balaban J connectivity index is 4.30. The number of hydrogen-bond acceptors (Lipinski definition) is 2.